The number of likely N-dealkylation sites (tertiary alicyclic amines) is 1. The van der Waals surface area contributed by atoms with Gasteiger partial charge in [-0.1, -0.05) is 6.07 Å². The van der Waals surface area contributed by atoms with E-state index in [1.165, 1.54) is 29.6 Å². The molecule has 1 aliphatic rings. The summed E-state index contributed by atoms with van der Waals surface area (Å²) < 4.78 is 26.3. The van der Waals surface area contributed by atoms with Gasteiger partial charge in [0.15, 0.2) is 0 Å². The van der Waals surface area contributed by atoms with Crippen molar-refractivity contribution >= 4 is 11.8 Å². The van der Waals surface area contributed by atoms with Crippen molar-refractivity contribution in [1.82, 2.24) is 20.2 Å². The predicted molar refractivity (Wildman–Crippen MR) is 79.6 cm³/mol. The van der Waals surface area contributed by atoms with E-state index in [2.05, 4.69) is 15.3 Å². The van der Waals surface area contributed by atoms with Crippen molar-refractivity contribution in [3.63, 3.8) is 0 Å². The third kappa shape index (κ3) is 3.37. The van der Waals surface area contributed by atoms with Crippen LogP contribution in [0.2, 0.25) is 0 Å². The lowest BCUT2D eigenvalue weighted by atomic mass is 9.98. The van der Waals surface area contributed by atoms with E-state index >= 15 is 0 Å². The van der Waals surface area contributed by atoms with Gasteiger partial charge in [0.1, 0.15) is 17.3 Å². The van der Waals surface area contributed by atoms with Crippen LogP contribution in [0.5, 0.6) is 0 Å². The third-order valence-electron chi connectivity index (χ3n) is 3.79. The summed E-state index contributed by atoms with van der Waals surface area (Å²) in [5, 5.41) is 2.59. The number of carbonyl (C=O) groups is 2. The van der Waals surface area contributed by atoms with Crippen molar-refractivity contribution in [3.05, 3.63) is 59.7 Å². The van der Waals surface area contributed by atoms with Crippen molar-refractivity contribution in [1.29, 1.82) is 0 Å². The second-order valence-corrected chi connectivity index (χ2v) is 5.45. The van der Waals surface area contributed by atoms with Gasteiger partial charge in [0, 0.05) is 43.7 Å². The number of aromatic nitrogens is 2. The smallest absolute Gasteiger partial charge is 0.274 e. The molecule has 0 bridgehead atoms. The topological polar surface area (TPSA) is 75.2 Å². The van der Waals surface area contributed by atoms with Gasteiger partial charge in [0.25, 0.3) is 5.91 Å². The van der Waals surface area contributed by atoms with Gasteiger partial charge in [-0.2, -0.15) is 0 Å². The number of benzene rings is 1. The summed E-state index contributed by atoms with van der Waals surface area (Å²) in [4.78, 5) is 33.3. The first-order valence-electron chi connectivity index (χ1n) is 7.31. The fourth-order valence-corrected chi connectivity index (χ4v) is 2.37. The van der Waals surface area contributed by atoms with Crippen LogP contribution in [-0.4, -0.2) is 39.8 Å². The first kappa shape index (κ1) is 16.0. The highest BCUT2D eigenvalue weighted by Gasteiger charge is 2.36. The molecule has 1 fully saturated rings. The monoisotopic (exact) mass is 332 g/mol. The van der Waals surface area contributed by atoms with Crippen LogP contribution < -0.4 is 5.32 Å². The lowest BCUT2D eigenvalue weighted by Gasteiger charge is -2.37. The Morgan fingerprint density at radius 3 is 2.71 bits per heavy atom. The minimum atomic E-state index is -0.705. The van der Waals surface area contributed by atoms with Crippen LogP contribution in [0.1, 0.15) is 16.1 Å². The Kier molecular flexibility index (Phi) is 4.45. The summed E-state index contributed by atoms with van der Waals surface area (Å²) in [7, 11) is 0. The summed E-state index contributed by atoms with van der Waals surface area (Å²) in [6.45, 7) is 0.514. The molecule has 0 radical (unpaired) electrons. The summed E-state index contributed by atoms with van der Waals surface area (Å²) >= 11 is 0. The highest BCUT2D eigenvalue weighted by Crippen LogP contribution is 2.18. The molecule has 1 saturated heterocycles. The highest BCUT2D eigenvalue weighted by molar-refractivity contribution is 5.94. The average molecular weight is 332 g/mol. The molecule has 1 aliphatic heterocycles. The number of halogens is 2. The first-order valence-corrected chi connectivity index (χ1v) is 7.31. The van der Waals surface area contributed by atoms with Gasteiger partial charge in [0.05, 0.1) is 12.1 Å². The van der Waals surface area contributed by atoms with E-state index in [-0.39, 0.29) is 48.6 Å². The number of rotatable bonds is 4. The molecule has 8 heteroatoms. The van der Waals surface area contributed by atoms with Crippen LogP contribution in [-0.2, 0) is 11.3 Å². The highest BCUT2D eigenvalue weighted by atomic mass is 19.1. The Morgan fingerprint density at radius 1 is 1.25 bits per heavy atom. The van der Waals surface area contributed by atoms with Gasteiger partial charge >= 0.3 is 0 Å². The van der Waals surface area contributed by atoms with Crippen LogP contribution in [0.3, 0.4) is 0 Å². The fraction of sp³-hybridized carbons (Fsp3) is 0.250. The van der Waals surface area contributed by atoms with E-state index in [1.54, 1.807) is 0 Å². The van der Waals surface area contributed by atoms with E-state index in [9.17, 15) is 18.4 Å². The molecule has 2 amide bonds. The van der Waals surface area contributed by atoms with Crippen LogP contribution >= 0.6 is 0 Å². The van der Waals surface area contributed by atoms with Crippen molar-refractivity contribution in [2.75, 3.05) is 13.1 Å². The number of carbonyl (C=O) groups excluding carboxylic acids is 2. The second-order valence-electron chi connectivity index (χ2n) is 5.45. The lowest BCUT2D eigenvalue weighted by Crippen LogP contribution is -2.55. The zero-order chi connectivity index (χ0) is 17.1. The van der Waals surface area contributed by atoms with Crippen LogP contribution in [0, 0.1) is 17.6 Å². The Morgan fingerprint density at radius 2 is 2.04 bits per heavy atom. The van der Waals surface area contributed by atoms with E-state index in [4.69, 9.17) is 0 Å². The number of hydrogen-bond donors (Lipinski definition) is 1. The molecule has 124 valence electrons. The number of amides is 2. The SMILES string of the molecule is O=C(NCc1ccc(F)cc1F)C1CN(C(=O)c2cnccn2)C1. The van der Waals surface area contributed by atoms with Crippen molar-refractivity contribution < 1.29 is 18.4 Å². The zero-order valence-corrected chi connectivity index (χ0v) is 12.6. The van der Waals surface area contributed by atoms with E-state index in [0.717, 1.165) is 12.1 Å². The Labute approximate surface area is 136 Å². The van der Waals surface area contributed by atoms with E-state index < -0.39 is 11.6 Å². The van der Waals surface area contributed by atoms with Crippen LogP contribution in [0.25, 0.3) is 0 Å². The molecule has 2 aromatic rings. The third-order valence-corrected chi connectivity index (χ3v) is 3.79. The standard InChI is InChI=1S/C16H14F2N4O2/c17-12-2-1-10(13(18)5-12)6-21-15(23)11-8-22(9-11)16(24)14-7-19-3-4-20-14/h1-5,7,11H,6,8-9H2,(H,21,23). The zero-order valence-electron chi connectivity index (χ0n) is 12.6. The fourth-order valence-electron chi connectivity index (χ4n) is 2.37. The first-order chi connectivity index (χ1) is 11.5. The molecule has 0 saturated carbocycles. The van der Waals surface area contributed by atoms with Crippen molar-refractivity contribution in [3.8, 4) is 0 Å². The molecule has 3 rings (SSSR count). The second kappa shape index (κ2) is 6.69. The molecule has 0 atom stereocenters. The molecule has 2 heterocycles. The largest absolute Gasteiger partial charge is 0.352 e. The lowest BCUT2D eigenvalue weighted by molar-refractivity contribution is -0.129. The van der Waals surface area contributed by atoms with Gasteiger partial charge in [-0.05, 0) is 6.07 Å². The molecule has 1 aromatic carbocycles. The molecular weight excluding hydrogens is 318 g/mol. The normalized spacial score (nSPS) is 14.2. The molecule has 0 unspecified atom stereocenters. The number of nitrogens with zero attached hydrogens (tertiary/aromatic N) is 3. The Balaban J connectivity index is 1.49. The quantitative estimate of drug-likeness (QED) is 0.911. The number of hydrogen-bond acceptors (Lipinski definition) is 4. The molecule has 24 heavy (non-hydrogen) atoms. The van der Waals surface area contributed by atoms with Gasteiger partial charge in [-0.3, -0.25) is 14.6 Å². The Bertz CT molecular complexity index is 764. The maximum Gasteiger partial charge on any atom is 0.274 e. The molecule has 0 aliphatic carbocycles. The minimum Gasteiger partial charge on any atom is -0.352 e. The van der Waals surface area contributed by atoms with Gasteiger partial charge in [-0.25, -0.2) is 13.8 Å². The molecule has 0 spiro atoms. The summed E-state index contributed by atoms with van der Waals surface area (Å²) in [5.41, 5.74) is 0.432. The maximum atomic E-state index is 13.5. The molecule has 1 aromatic heterocycles. The van der Waals surface area contributed by atoms with Gasteiger partial charge in [-0.15, -0.1) is 0 Å². The minimum absolute atomic E-state index is 0.0282. The average Bonchev–Trinajstić information content (AvgIpc) is 2.53. The van der Waals surface area contributed by atoms with Gasteiger partial charge in [0.2, 0.25) is 5.91 Å². The van der Waals surface area contributed by atoms with Crippen LogP contribution in [0.15, 0.2) is 36.8 Å². The van der Waals surface area contributed by atoms with E-state index in [0.29, 0.717) is 0 Å². The molecular formula is C16H14F2N4O2. The Hall–Kier alpha value is -2.90. The van der Waals surface area contributed by atoms with Crippen molar-refractivity contribution in [2.45, 2.75) is 6.54 Å². The summed E-state index contributed by atoms with van der Waals surface area (Å²) in [6.07, 6.45) is 4.26. The summed E-state index contributed by atoms with van der Waals surface area (Å²) in [5.74, 6) is -2.28. The summed E-state index contributed by atoms with van der Waals surface area (Å²) in [6, 6.07) is 3.19. The van der Waals surface area contributed by atoms with Crippen LogP contribution in [0.4, 0.5) is 8.78 Å². The maximum absolute atomic E-state index is 13.5. The van der Waals surface area contributed by atoms with Crippen molar-refractivity contribution in [2.24, 2.45) is 5.92 Å². The predicted octanol–water partition coefficient (Wildman–Crippen LogP) is 1.14. The number of nitrogens with one attached hydrogen (secondary N) is 1. The molecule has 6 nitrogen and oxygen atoms in total. The van der Waals surface area contributed by atoms with Gasteiger partial charge < -0.3 is 10.2 Å². The van der Waals surface area contributed by atoms with E-state index in [1.807, 2.05) is 0 Å². The molecule has 1 N–H and O–H groups in total.